The van der Waals surface area contributed by atoms with E-state index in [-0.39, 0.29) is 22.8 Å². The summed E-state index contributed by atoms with van der Waals surface area (Å²) >= 11 is 0. The Kier molecular flexibility index (Phi) is 5.09. The standard InChI is InChI=1S/C17H15NO5/c1-22-14-10-13(17(18(20)21)16(11-14)23-2)8-9-15(19)12-6-4-3-5-7-12/h3-11H,1-2H3/b9-8+. The maximum Gasteiger partial charge on any atom is 0.318 e. The summed E-state index contributed by atoms with van der Waals surface area (Å²) in [6.07, 6.45) is 2.68. The van der Waals surface area contributed by atoms with Crippen molar-refractivity contribution in [3.63, 3.8) is 0 Å². The molecule has 0 aliphatic carbocycles. The summed E-state index contributed by atoms with van der Waals surface area (Å²) in [5.74, 6) is 0.224. The predicted molar refractivity (Wildman–Crippen MR) is 86.0 cm³/mol. The predicted octanol–water partition coefficient (Wildman–Crippen LogP) is 3.51. The van der Waals surface area contributed by atoms with Crippen molar-refractivity contribution in [1.29, 1.82) is 0 Å². The third kappa shape index (κ3) is 3.74. The highest BCUT2D eigenvalue weighted by molar-refractivity contribution is 6.07. The lowest BCUT2D eigenvalue weighted by molar-refractivity contribution is -0.386. The van der Waals surface area contributed by atoms with Crippen LogP contribution in [0.5, 0.6) is 11.5 Å². The van der Waals surface area contributed by atoms with Gasteiger partial charge in [0.2, 0.25) is 5.75 Å². The number of rotatable bonds is 6. The van der Waals surface area contributed by atoms with Crippen molar-refractivity contribution < 1.29 is 19.2 Å². The van der Waals surface area contributed by atoms with Gasteiger partial charge in [-0.15, -0.1) is 0 Å². The van der Waals surface area contributed by atoms with E-state index in [1.165, 1.54) is 38.5 Å². The molecule has 0 bridgehead atoms. The zero-order chi connectivity index (χ0) is 16.8. The van der Waals surface area contributed by atoms with E-state index in [0.29, 0.717) is 11.3 Å². The summed E-state index contributed by atoms with van der Waals surface area (Å²) < 4.78 is 10.1. The van der Waals surface area contributed by atoms with Gasteiger partial charge in [-0.1, -0.05) is 30.3 Å². The molecule has 118 valence electrons. The van der Waals surface area contributed by atoms with Gasteiger partial charge in [-0.25, -0.2) is 0 Å². The molecule has 2 rings (SSSR count). The highest BCUT2D eigenvalue weighted by atomic mass is 16.6. The number of hydrogen-bond acceptors (Lipinski definition) is 5. The number of methoxy groups -OCH3 is 2. The smallest absolute Gasteiger partial charge is 0.318 e. The van der Waals surface area contributed by atoms with Crippen molar-refractivity contribution in [3.8, 4) is 11.5 Å². The van der Waals surface area contributed by atoms with Crippen molar-refractivity contribution in [1.82, 2.24) is 0 Å². The lowest BCUT2D eigenvalue weighted by Gasteiger charge is -2.07. The summed E-state index contributed by atoms with van der Waals surface area (Å²) in [4.78, 5) is 22.8. The molecule has 0 amide bonds. The molecule has 0 unspecified atom stereocenters. The van der Waals surface area contributed by atoms with Crippen LogP contribution in [0, 0.1) is 10.1 Å². The van der Waals surface area contributed by atoms with Gasteiger partial charge in [0, 0.05) is 11.6 Å². The van der Waals surface area contributed by atoms with Crippen LogP contribution in [0.25, 0.3) is 6.08 Å². The van der Waals surface area contributed by atoms with Gasteiger partial charge < -0.3 is 9.47 Å². The fourth-order valence-electron chi connectivity index (χ4n) is 2.06. The molecule has 0 aliphatic heterocycles. The second kappa shape index (κ2) is 7.22. The molecular weight excluding hydrogens is 298 g/mol. The third-order valence-corrected chi connectivity index (χ3v) is 3.19. The SMILES string of the molecule is COc1cc(/C=C/C(=O)c2ccccc2)c([N+](=O)[O-])c(OC)c1. The maximum absolute atomic E-state index is 12.1. The van der Waals surface area contributed by atoms with E-state index < -0.39 is 4.92 Å². The van der Waals surface area contributed by atoms with Gasteiger partial charge in [-0.3, -0.25) is 14.9 Å². The van der Waals surface area contributed by atoms with Crippen LogP contribution in [0.3, 0.4) is 0 Å². The molecule has 0 fully saturated rings. The Balaban J connectivity index is 2.43. The van der Waals surface area contributed by atoms with Crippen molar-refractivity contribution in [2.45, 2.75) is 0 Å². The minimum absolute atomic E-state index is 0.0705. The lowest BCUT2D eigenvalue weighted by atomic mass is 10.1. The number of carbonyl (C=O) groups excluding carboxylic acids is 1. The van der Waals surface area contributed by atoms with Gasteiger partial charge in [0.25, 0.3) is 0 Å². The van der Waals surface area contributed by atoms with E-state index in [4.69, 9.17) is 9.47 Å². The maximum atomic E-state index is 12.1. The molecule has 6 nitrogen and oxygen atoms in total. The number of ether oxygens (including phenoxy) is 2. The first-order chi connectivity index (χ1) is 11.1. The Morgan fingerprint density at radius 1 is 1.13 bits per heavy atom. The third-order valence-electron chi connectivity index (χ3n) is 3.19. The van der Waals surface area contributed by atoms with E-state index >= 15 is 0 Å². The number of nitrogens with zero attached hydrogens (tertiary/aromatic N) is 1. The molecule has 0 radical (unpaired) electrons. The Morgan fingerprint density at radius 2 is 1.83 bits per heavy atom. The summed E-state index contributed by atoms with van der Waals surface area (Å²) in [5, 5.41) is 11.3. The van der Waals surface area contributed by atoms with Crippen LogP contribution in [-0.2, 0) is 0 Å². The monoisotopic (exact) mass is 313 g/mol. The Labute approximate surface area is 133 Å². The number of carbonyl (C=O) groups is 1. The number of nitro groups is 1. The first-order valence-electron chi connectivity index (χ1n) is 6.74. The van der Waals surface area contributed by atoms with Gasteiger partial charge in [-0.05, 0) is 18.2 Å². The quantitative estimate of drug-likeness (QED) is 0.353. The number of hydrogen-bond donors (Lipinski definition) is 0. The van der Waals surface area contributed by atoms with Crippen molar-refractivity contribution >= 4 is 17.5 Å². The van der Waals surface area contributed by atoms with E-state index in [1.54, 1.807) is 30.3 Å². The lowest BCUT2D eigenvalue weighted by Crippen LogP contribution is -1.99. The molecule has 0 heterocycles. The zero-order valence-electron chi connectivity index (χ0n) is 12.7. The van der Waals surface area contributed by atoms with E-state index in [2.05, 4.69) is 0 Å². The van der Waals surface area contributed by atoms with E-state index in [0.717, 1.165) is 0 Å². The highest BCUT2D eigenvalue weighted by Crippen LogP contribution is 2.36. The minimum Gasteiger partial charge on any atom is -0.497 e. The molecule has 0 saturated carbocycles. The topological polar surface area (TPSA) is 78.7 Å². The molecule has 6 heteroatoms. The average molecular weight is 313 g/mol. The fraction of sp³-hybridized carbons (Fsp3) is 0.118. The van der Waals surface area contributed by atoms with Gasteiger partial charge in [-0.2, -0.15) is 0 Å². The van der Waals surface area contributed by atoms with Gasteiger partial charge in [0.15, 0.2) is 5.78 Å². The molecule has 0 aromatic heterocycles. The van der Waals surface area contributed by atoms with Gasteiger partial charge in [0.05, 0.1) is 24.7 Å². The number of allylic oxidation sites excluding steroid dienone is 1. The van der Waals surface area contributed by atoms with Crippen LogP contribution in [0.2, 0.25) is 0 Å². The van der Waals surface area contributed by atoms with Crippen molar-refractivity contribution in [3.05, 3.63) is 69.8 Å². The summed E-state index contributed by atoms with van der Waals surface area (Å²) in [6.45, 7) is 0. The molecule has 0 aliphatic rings. The summed E-state index contributed by atoms with van der Waals surface area (Å²) in [7, 11) is 2.79. The Hall–Kier alpha value is -3.15. The molecular formula is C17H15NO5. The molecule has 2 aromatic rings. The van der Waals surface area contributed by atoms with E-state index in [1.807, 2.05) is 0 Å². The van der Waals surface area contributed by atoms with Crippen LogP contribution in [-0.4, -0.2) is 24.9 Å². The second-order valence-electron chi connectivity index (χ2n) is 4.59. The first kappa shape index (κ1) is 16.2. The van der Waals surface area contributed by atoms with Crippen LogP contribution >= 0.6 is 0 Å². The number of nitro benzene ring substituents is 1. The van der Waals surface area contributed by atoms with Crippen LogP contribution < -0.4 is 9.47 Å². The largest absolute Gasteiger partial charge is 0.497 e. The normalized spacial score (nSPS) is 10.5. The number of benzene rings is 2. The van der Waals surface area contributed by atoms with Gasteiger partial charge >= 0.3 is 5.69 Å². The summed E-state index contributed by atoms with van der Waals surface area (Å²) in [6, 6.07) is 11.6. The van der Waals surface area contributed by atoms with Crippen LogP contribution in [0.15, 0.2) is 48.5 Å². The first-order valence-corrected chi connectivity index (χ1v) is 6.74. The van der Waals surface area contributed by atoms with Crippen LogP contribution in [0.4, 0.5) is 5.69 Å². The van der Waals surface area contributed by atoms with Crippen molar-refractivity contribution in [2.24, 2.45) is 0 Å². The van der Waals surface area contributed by atoms with E-state index in [9.17, 15) is 14.9 Å². The molecule has 0 atom stereocenters. The zero-order valence-corrected chi connectivity index (χ0v) is 12.7. The second-order valence-corrected chi connectivity index (χ2v) is 4.59. The minimum atomic E-state index is -0.551. The summed E-state index contributed by atoms with van der Waals surface area (Å²) in [5.41, 5.74) is 0.516. The van der Waals surface area contributed by atoms with Gasteiger partial charge in [0.1, 0.15) is 5.75 Å². The highest BCUT2D eigenvalue weighted by Gasteiger charge is 2.21. The average Bonchev–Trinajstić information content (AvgIpc) is 2.59. The molecule has 0 spiro atoms. The fourth-order valence-corrected chi connectivity index (χ4v) is 2.06. The Morgan fingerprint density at radius 3 is 2.39 bits per heavy atom. The van der Waals surface area contributed by atoms with Crippen LogP contribution in [0.1, 0.15) is 15.9 Å². The Bertz CT molecular complexity index is 753. The molecule has 0 N–H and O–H groups in total. The number of ketones is 1. The molecule has 0 saturated heterocycles. The molecule has 2 aromatic carbocycles. The molecule has 23 heavy (non-hydrogen) atoms. The van der Waals surface area contributed by atoms with Crippen molar-refractivity contribution in [2.75, 3.05) is 14.2 Å².